The van der Waals surface area contributed by atoms with Crippen LogP contribution in [-0.2, 0) is 17.8 Å². The highest BCUT2D eigenvalue weighted by Crippen LogP contribution is 2.21. The van der Waals surface area contributed by atoms with Crippen molar-refractivity contribution in [2.75, 3.05) is 26.2 Å². The molecule has 1 aliphatic heterocycles. The third kappa shape index (κ3) is 4.04. The SMILES string of the molecule is CCc1ccc(-c2ccc(CN3CCN(C(C)=O)CC3)cc2)cc1. The van der Waals surface area contributed by atoms with E-state index in [9.17, 15) is 4.79 Å². The van der Waals surface area contributed by atoms with Crippen LogP contribution in [0.3, 0.4) is 0 Å². The summed E-state index contributed by atoms with van der Waals surface area (Å²) in [5.74, 6) is 0.188. The van der Waals surface area contributed by atoms with Crippen molar-refractivity contribution in [1.29, 1.82) is 0 Å². The van der Waals surface area contributed by atoms with Crippen LogP contribution in [0.25, 0.3) is 11.1 Å². The normalized spacial score (nSPS) is 15.5. The monoisotopic (exact) mass is 322 g/mol. The molecule has 0 aliphatic carbocycles. The molecule has 0 radical (unpaired) electrons. The van der Waals surface area contributed by atoms with E-state index < -0.39 is 0 Å². The van der Waals surface area contributed by atoms with E-state index in [1.165, 1.54) is 22.3 Å². The predicted octanol–water partition coefficient (Wildman–Crippen LogP) is 3.58. The lowest BCUT2D eigenvalue weighted by molar-refractivity contribution is -0.130. The molecule has 1 heterocycles. The van der Waals surface area contributed by atoms with Gasteiger partial charge in [0.25, 0.3) is 0 Å². The first-order valence-corrected chi connectivity index (χ1v) is 8.82. The molecule has 1 amide bonds. The van der Waals surface area contributed by atoms with Gasteiger partial charge < -0.3 is 4.90 Å². The van der Waals surface area contributed by atoms with Crippen LogP contribution in [0, 0.1) is 0 Å². The maximum atomic E-state index is 11.4. The minimum atomic E-state index is 0.188. The van der Waals surface area contributed by atoms with Gasteiger partial charge in [0.15, 0.2) is 0 Å². The Labute approximate surface area is 144 Å². The van der Waals surface area contributed by atoms with Gasteiger partial charge in [-0.15, -0.1) is 0 Å². The Balaban J connectivity index is 1.59. The van der Waals surface area contributed by atoms with Crippen molar-refractivity contribution in [2.45, 2.75) is 26.8 Å². The van der Waals surface area contributed by atoms with Crippen LogP contribution in [0.5, 0.6) is 0 Å². The van der Waals surface area contributed by atoms with Gasteiger partial charge in [-0.3, -0.25) is 9.69 Å². The zero-order valence-corrected chi connectivity index (χ0v) is 14.7. The Hall–Kier alpha value is -2.13. The highest BCUT2D eigenvalue weighted by atomic mass is 16.2. The summed E-state index contributed by atoms with van der Waals surface area (Å²) in [6.45, 7) is 8.40. The van der Waals surface area contributed by atoms with Crippen LogP contribution in [0.15, 0.2) is 48.5 Å². The molecule has 1 fully saturated rings. The first kappa shape index (κ1) is 16.7. The second-order valence-electron chi connectivity index (χ2n) is 6.53. The zero-order chi connectivity index (χ0) is 16.9. The van der Waals surface area contributed by atoms with Crippen LogP contribution in [0.1, 0.15) is 25.0 Å². The van der Waals surface area contributed by atoms with Gasteiger partial charge in [0.05, 0.1) is 0 Å². The quantitative estimate of drug-likeness (QED) is 0.859. The molecule has 3 rings (SSSR count). The largest absolute Gasteiger partial charge is 0.340 e. The van der Waals surface area contributed by atoms with Gasteiger partial charge in [0, 0.05) is 39.6 Å². The highest BCUT2D eigenvalue weighted by Gasteiger charge is 2.18. The smallest absolute Gasteiger partial charge is 0.219 e. The fraction of sp³-hybridized carbons (Fsp3) is 0.381. The molecule has 0 spiro atoms. The number of carbonyl (C=O) groups is 1. The van der Waals surface area contributed by atoms with E-state index in [1.807, 2.05) is 4.90 Å². The van der Waals surface area contributed by atoms with E-state index in [2.05, 4.69) is 60.4 Å². The van der Waals surface area contributed by atoms with Crippen molar-refractivity contribution < 1.29 is 4.79 Å². The second-order valence-corrected chi connectivity index (χ2v) is 6.53. The molecule has 1 saturated heterocycles. The molecule has 2 aromatic carbocycles. The van der Waals surface area contributed by atoms with Crippen molar-refractivity contribution in [3.63, 3.8) is 0 Å². The van der Waals surface area contributed by atoms with Gasteiger partial charge in [-0.1, -0.05) is 55.5 Å². The summed E-state index contributed by atoms with van der Waals surface area (Å²) in [6, 6.07) is 17.7. The molecule has 24 heavy (non-hydrogen) atoms. The van der Waals surface area contributed by atoms with Gasteiger partial charge in [-0.2, -0.15) is 0 Å². The van der Waals surface area contributed by atoms with E-state index in [0.717, 1.165) is 39.1 Å². The summed E-state index contributed by atoms with van der Waals surface area (Å²) in [6.07, 6.45) is 1.08. The number of amides is 1. The number of piperazine rings is 1. The third-order valence-corrected chi connectivity index (χ3v) is 4.87. The first-order valence-electron chi connectivity index (χ1n) is 8.82. The van der Waals surface area contributed by atoms with E-state index in [1.54, 1.807) is 6.92 Å². The molecule has 3 heteroatoms. The molecular formula is C21H26N2O. The van der Waals surface area contributed by atoms with E-state index >= 15 is 0 Å². The Bertz CT molecular complexity index is 668. The Morgan fingerprint density at radius 3 is 1.79 bits per heavy atom. The van der Waals surface area contributed by atoms with Crippen molar-refractivity contribution in [3.05, 3.63) is 59.7 Å². The highest BCUT2D eigenvalue weighted by molar-refractivity contribution is 5.73. The summed E-state index contributed by atoms with van der Waals surface area (Å²) in [5.41, 5.74) is 5.25. The maximum Gasteiger partial charge on any atom is 0.219 e. The molecule has 126 valence electrons. The third-order valence-electron chi connectivity index (χ3n) is 4.87. The molecule has 3 nitrogen and oxygen atoms in total. The molecule has 2 aromatic rings. The maximum absolute atomic E-state index is 11.4. The standard InChI is InChI=1S/C21H26N2O/c1-3-18-4-8-20(9-5-18)21-10-6-19(7-11-21)16-22-12-14-23(15-13-22)17(2)24/h4-11H,3,12-16H2,1-2H3. The van der Waals surface area contributed by atoms with Crippen LogP contribution < -0.4 is 0 Å². The van der Waals surface area contributed by atoms with Gasteiger partial charge in [0.1, 0.15) is 0 Å². The lowest BCUT2D eigenvalue weighted by Crippen LogP contribution is -2.47. The number of hydrogen-bond donors (Lipinski definition) is 0. The Kier molecular flexibility index (Phi) is 5.31. The van der Waals surface area contributed by atoms with Crippen LogP contribution in [0.4, 0.5) is 0 Å². The van der Waals surface area contributed by atoms with Crippen molar-refractivity contribution in [3.8, 4) is 11.1 Å². The fourth-order valence-electron chi connectivity index (χ4n) is 3.21. The minimum Gasteiger partial charge on any atom is -0.340 e. The molecule has 0 N–H and O–H groups in total. The first-order chi connectivity index (χ1) is 11.7. The van der Waals surface area contributed by atoms with Gasteiger partial charge >= 0.3 is 0 Å². The summed E-state index contributed by atoms with van der Waals surface area (Å²) in [4.78, 5) is 15.7. The summed E-state index contributed by atoms with van der Waals surface area (Å²) < 4.78 is 0. The number of rotatable bonds is 4. The Morgan fingerprint density at radius 2 is 1.33 bits per heavy atom. The van der Waals surface area contributed by atoms with Crippen molar-refractivity contribution in [2.24, 2.45) is 0 Å². The van der Waals surface area contributed by atoms with Gasteiger partial charge in [-0.25, -0.2) is 0 Å². The van der Waals surface area contributed by atoms with Crippen molar-refractivity contribution in [1.82, 2.24) is 9.80 Å². The summed E-state index contributed by atoms with van der Waals surface area (Å²) in [7, 11) is 0. The van der Waals surface area contributed by atoms with E-state index in [-0.39, 0.29) is 5.91 Å². The fourth-order valence-corrected chi connectivity index (χ4v) is 3.21. The number of aryl methyl sites for hydroxylation is 1. The predicted molar refractivity (Wildman–Crippen MR) is 98.8 cm³/mol. The van der Waals surface area contributed by atoms with Crippen LogP contribution in [-0.4, -0.2) is 41.9 Å². The number of hydrogen-bond acceptors (Lipinski definition) is 2. The van der Waals surface area contributed by atoms with Crippen LogP contribution >= 0.6 is 0 Å². The number of benzene rings is 2. The Morgan fingerprint density at radius 1 is 0.833 bits per heavy atom. The molecule has 0 saturated carbocycles. The molecule has 0 bridgehead atoms. The molecule has 0 atom stereocenters. The molecular weight excluding hydrogens is 296 g/mol. The number of carbonyl (C=O) groups excluding carboxylic acids is 1. The topological polar surface area (TPSA) is 23.6 Å². The number of nitrogens with zero attached hydrogens (tertiary/aromatic N) is 2. The lowest BCUT2D eigenvalue weighted by Gasteiger charge is -2.34. The van der Waals surface area contributed by atoms with Crippen molar-refractivity contribution >= 4 is 5.91 Å². The van der Waals surface area contributed by atoms with Gasteiger partial charge in [0.2, 0.25) is 5.91 Å². The average Bonchev–Trinajstić information content (AvgIpc) is 2.63. The molecule has 0 aromatic heterocycles. The average molecular weight is 322 g/mol. The van der Waals surface area contributed by atoms with E-state index in [0.29, 0.717) is 0 Å². The summed E-state index contributed by atoms with van der Waals surface area (Å²) in [5, 5.41) is 0. The lowest BCUT2D eigenvalue weighted by atomic mass is 10.0. The second kappa shape index (κ2) is 7.63. The zero-order valence-electron chi connectivity index (χ0n) is 14.7. The molecule has 1 aliphatic rings. The summed E-state index contributed by atoms with van der Waals surface area (Å²) >= 11 is 0. The van der Waals surface area contributed by atoms with Gasteiger partial charge in [-0.05, 0) is 28.7 Å². The van der Waals surface area contributed by atoms with Crippen LogP contribution in [0.2, 0.25) is 0 Å². The minimum absolute atomic E-state index is 0.188. The van der Waals surface area contributed by atoms with E-state index in [4.69, 9.17) is 0 Å². The molecule has 0 unspecified atom stereocenters.